The standard InChI is InChI=1S/C26H30N4O2.C2H6.CH5N/c1-3-8-22(17-20(4-2)21-9-6-5-7-10-21)27-26-28-24-16-19(18-31)15-23(24)25(29-26)30-11-13-32-14-12-30;2*1-2/h5-10,16-18H,3-4,11-15H2,1-2H3,(H,27,28,29);1-2H3;2H2,1H3/b20-17+,22-8-;;. The Labute approximate surface area is 216 Å². The summed E-state index contributed by atoms with van der Waals surface area (Å²) in [6, 6.07) is 10.4. The number of fused-ring (bicyclic) bond motifs is 1. The third-order valence-corrected chi connectivity index (χ3v) is 5.72. The van der Waals surface area contributed by atoms with Crippen molar-refractivity contribution in [2.45, 2.75) is 47.0 Å². The Bertz CT molecular complexity index is 1050. The molecule has 36 heavy (non-hydrogen) atoms. The van der Waals surface area contributed by atoms with Gasteiger partial charge in [-0.3, -0.25) is 4.79 Å². The molecule has 2 aromatic rings. The summed E-state index contributed by atoms with van der Waals surface area (Å²) in [6.45, 7) is 11.2. The Kier molecular flexibility index (Phi) is 12.6. The van der Waals surface area contributed by atoms with E-state index in [9.17, 15) is 4.79 Å². The van der Waals surface area contributed by atoms with Crippen molar-refractivity contribution >= 4 is 29.7 Å². The van der Waals surface area contributed by atoms with Crippen LogP contribution >= 0.6 is 0 Å². The molecule has 0 spiro atoms. The number of ether oxygens (including phenoxy) is 1. The molecule has 0 saturated carbocycles. The van der Waals surface area contributed by atoms with Crippen LogP contribution in [0.25, 0.3) is 11.6 Å². The molecule has 1 aromatic heterocycles. The molecule has 2 heterocycles. The highest BCUT2D eigenvalue weighted by atomic mass is 16.5. The van der Waals surface area contributed by atoms with Crippen LogP contribution in [-0.2, 0) is 16.0 Å². The van der Waals surface area contributed by atoms with Gasteiger partial charge in [0.1, 0.15) is 12.1 Å². The number of benzene rings is 1. The number of nitrogens with zero attached hydrogens (tertiary/aromatic N) is 3. The van der Waals surface area contributed by atoms with Crippen LogP contribution in [0.2, 0.25) is 0 Å². The molecule has 0 amide bonds. The molecule has 3 N–H and O–H groups in total. The number of carbonyl (C=O) groups excluding carboxylic acids is 1. The molecule has 1 saturated heterocycles. The number of hydrogen-bond donors (Lipinski definition) is 2. The van der Waals surface area contributed by atoms with E-state index < -0.39 is 0 Å². The summed E-state index contributed by atoms with van der Waals surface area (Å²) in [5.74, 6) is 1.45. The Morgan fingerprint density at radius 1 is 1.11 bits per heavy atom. The van der Waals surface area contributed by atoms with Crippen LogP contribution in [0.15, 0.2) is 53.8 Å². The maximum atomic E-state index is 11.4. The maximum Gasteiger partial charge on any atom is 0.229 e. The largest absolute Gasteiger partial charge is 0.378 e. The fraction of sp³-hybridized carbons (Fsp3) is 0.414. The second-order valence-electron chi connectivity index (χ2n) is 7.93. The van der Waals surface area contributed by atoms with Crippen LogP contribution in [0.3, 0.4) is 0 Å². The molecule has 1 aliphatic heterocycles. The maximum absolute atomic E-state index is 11.4. The van der Waals surface area contributed by atoms with Gasteiger partial charge in [0, 0.05) is 30.8 Å². The van der Waals surface area contributed by atoms with E-state index in [0.29, 0.717) is 25.6 Å². The van der Waals surface area contributed by atoms with Crippen molar-refractivity contribution in [3.8, 4) is 0 Å². The van der Waals surface area contributed by atoms with E-state index in [0.717, 1.165) is 60.6 Å². The molecule has 7 heteroatoms. The Hall–Kier alpha value is -3.29. The number of nitrogens with two attached hydrogens (primary N) is 1. The normalized spacial score (nSPS) is 15.1. The first-order valence-corrected chi connectivity index (χ1v) is 12.9. The van der Waals surface area contributed by atoms with Crippen molar-refractivity contribution in [2.75, 3.05) is 43.6 Å². The van der Waals surface area contributed by atoms with Crippen LogP contribution in [0, 0.1) is 0 Å². The van der Waals surface area contributed by atoms with E-state index in [-0.39, 0.29) is 0 Å². The highest BCUT2D eigenvalue weighted by Gasteiger charge is 2.25. The predicted octanol–water partition coefficient (Wildman–Crippen LogP) is 5.25. The summed E-state index contributed by atoms with van der Waals surface area (Å²) in [5, 5.41) is 3.44. The molecule has 194 valence electrons. The number of aldehydes is 1. The van der Waals surface area contributed by atoms with E-state index in [1.54, 1.807) is 0 Å². The lowest BCUT2D eigenvalue weighted by Crippen LogP contribution is -2.37. The molecule has 2 aliphatic rings. The first-order valence-electron chi connectivity index (χ1n) is 12.9. The van der Waals surface area contributed by atoms with Crippen molar-refractivity contribution in [1.29, 1.82) is 0 Å². The molecular formula is C29H41N5O2. The highest BCUT2D eigenvalue weighted by Crippen LogP contribution is 2.32. The van der Waals surface area contributed by atoms with Gasteiger partial charge in [-0.2, -0.15) is 4.98 Å². The van der Waals surface area contributed by atoms with Crippen LogP contribution in [0.5, 0.6) is 0 Å². The minimum atomic E-state index is 0.549. The highest BCUT2D eigenvalue weighted by molar-refractivity contribution is 5.87. The molecular weight excluding hydrogens is 450 g/mol. The van der Waals surface area contributed by atoms with Crippen molar-refractivity contribution in [3.63, 3.8) is 0 Å². The fourth-order valence-electron chi connectivity index (χ4n) is 4.10. The van der Waals surface area contributed by atoms with E-state index in [1.165, 1.54) is 18.2 Å². The summed E-state index contributed by atoms with van der Waals surface area (Å²) < 4.78 is 5.52. The van der Waals surface area contributed by atoms with Gasteiger partial charge in [-0.25, -0.2) is 4.98 Å². The van der Waals surface area contributed by atoms with Gasteiger partial charge in [0.05, 0.1) is 18.9 Å². The summed E-state index contributed by atoms with van der Waals surface area (Å²) in [5.41, 5.74) is 10.5. The van der Waals surface area contributed by atoms with Crippen LogP contribution in [0.4, 0.5) is 11.8 Å². The Morgan fingerprint density at radius 3 is 2.42 bits per heavy atom. The first kappa shape index (κ1) is 28.9. The first-order chi connectivity index (χ1) is 17.7. The number of hydrogen-bond acceptors (Lipinski definition) is 7. The number of anilines is 2. The molecule has 4 rings (SSSR count). The van der Waals surface area contributed by atoms with E-state index in [2.05, 4.69) is 66.2 Å². The van der Waals surface area contributed by atoms with Gasteiger partial charge in [-0.1, -0.05) is 64.1 Å². The molecule has 0 radical (unpaired) electrons. The van der Waals surface area contributed by atoms with Gasteiger partial charge in [0.15, 0.2) is 0 Å². The van der Waals surface area contributed by atoms with Crippen molar-refractivity contribution < 1.29 is 9.53 Å². The average Bonchev–Trinajstić information content (AvgIpc) is 3.38. The lowest BCUT2D eigenvalue weighted by atomic mass is 10.0. The zero-order valence-electron chi connectivity index (χ0n) is 22.4. The number of nitrogens with one attached hydrogen (secondary N) is 1. The van der Waals surface area contributed by atoms with Gasteiger partial charge in [-0.05, 0) is 48.8 Å². The van der Waals surface area contributed by atoms with Gasteiger partial charge in [-0.15, -0.1) is 0 Å². The monoisotopic (exact) mass is 491 g/mol. The van der Waals surface area contributed by atoms with Crippen LogP contribution < -0.4 is 16.0 Å². The smallest absolute Gasteiger partial charge is 0.229 e. The van der Waals surface area contributed by atoms with E-state index in [1.807, 2.05) is 26.0 Å². The fourth-order valence-corrected chi connectivity index (χ4v) is 4.10. The SMILES string of the molecule is CC.CC/C=C(/C=C(\CC)c1ccccc1)Nc1nc2c(c(N3CCOCC3)n1)CC(C=O)=C2.CN. The number of rotatable bonds is 8. The molecule has 1 aromatic carbocycles. The third-order valence-electron chi connectivity index (χ3n) is 5.72. The predicted molar refractivity (Wildman–Crippen MR) is 151 cm³/mol. The topological polar surface area (TPSA) is 93.4 Å². The third kappa shape index (κ3) is 7.60. The zero-order chi connectivity index (χ0) is 26.3. The van der Waals surface area contributed by atoms with E-state index >= 15 is 0 Å². The minimum absolute atomic E-state index is 0.549. The lowest BCUT2D eigenvalue weighted by Gasteiger charge is -2.29. The molecule has 0 unspecified atom stereocenters. The van der Waals surface area contributed by atoms with E-state index in [4.69, 9.17) is 14.7 Å². The van der Waals surface area contributed by atoms with Gasteiger partial charge in [0.2, 0.25) is 5.95 Å². The summed E-state index contributed by atoms with van der Waals surface area (Å²) in [4.78, 5) is 23.3. The number of morpholine rings is 1. The number of aromatic nitrogens is 2. The quantitative estimate of drug-likeness (QED) is 0.385. The summed E-state index contributed by atoms with van der Waals surface area (Å²) in [7, 11) is 1.50. The lowest BCUT2D eigenvalue weighted by molar-refractivity contribution is -0.104. The van der Waals surface area contributed by atoms with Gasteiger partial charge in [0.25, 0.3) is 0 Å². The number of carbonyl (C=O) groups is 1. The average molecular weight is 492 g/mol. The van der Waals surface area contributed by atoms with Gasteiger partial charge < -0.3 is 20.7 Å². The van der Waals surface area contributed by atoms with Crippen molar-refractivity contribution in [3.05, 3.63) is 70.6 Å². The second kappa shape index (κ2) is 15.7. The molecule has 1 aliphatic carbocycles. The molecule has 0 atom stereocenters. The molecule has 0 bridgehead atoms. The molecule has 7 nitrogen and oxygen atoms in total. The van der Waals surface area contributed by atoms with Crippen molar-refractivity contribution in [2.24, 2.45) is 5.73 Å². The second-order valence-corrected chi connectivity index (χ2v) is 7.93. The van der Waals surface area contributed by atoms with Crippen LogP contribution in [-0.4, -0.2) is 49.6 Å². The summed E-state index contributed by atoms with van der Waals surface area (Å²) >= 11 is 0. The Morgan fingerprint density at radius 2 is 1.81 bits per heavy atom. The Balaban J connectivity index is 0.00000109. The van der Waals surface area contributed by atoms with Gasteiger partial charge >= 0.3 is 0 Å². The number of allylic oxidation sites excluding steroid dienone is 4. The van der Waals surface area contributed by atoms with Crippen molar-refractivity contribution in [1.82, 2.24) is 9.97 Å². The summed E-state index contributed by atoms with van der Waals surface area (Å²) in [6.07, 6.45) is 9.50. The van der Waals surface area contributed by atoms with Crippen LogP contribution in [0.1, 0.15) is 57.4 Å². The zero-order valence-corrected chi connectivity index (χ0v) is 22.4. The molecule has 1 fully saturated rings. The minimum Gasteiger partial charge on any atom is -0.378 e.